The number of benzene rings is 2. The lowest BCUT2D eigenvalue weighted by Crippen LogP contribution is -2.48. The molecule has 1 heterocycles. The summed E-state index contributed by atoms with van der Waals surface area (Å²) < 4.78 is 33.0. The molecule has 1 saturated heterocycles. The van der Waals surface area contributed by atoms with E-state index in [1.165, 1.54) is 12.1 Å². The molecule has 1 amide bonds. The molecular weight excluding hydrogens is 354 g/mol. The summed E-state index contributed by atoms with van der Waals surface area (Å²) in [6, 6.07) is 13.1. The topological polar surface area (TPSA) is 87.7 Å². The van der Waals surface area contributed by atoms with Crippen molar-refractivity contribution < 1.29 is 17.9 Å². The van der Waals surface area contributed by atoms with Gasteiger partial charge in [-0.2, -0.15) is 0 Å². The molecule has 1 fully saturated rings. The highest BCUT2D eigenvalue weighted by Crippen LogP contribution is 2.18. The number of hydrogen-bond donors (Lipinski definition) is 2. The van der Waals surface area contributed by atoms with Crippen LogP contribution >= 0.6 is 0 Å². The van der Waals surface area contributed by atoms with Crippen LogP contribution in [0.1, 0.15) is 15.9 Å². The molecule has 1 aliphatic rings. The van der Waals surface area contributed by atoms with Gasteiger partial charge in [0, 0.05) is 24.3 Å². The molecule has 8 heteroatoms. The first-order valence-electron chi connectivity index (χ1n) is 8.27. The van der Waals surface area contributed by atoms with Gasteiger partial charge >= 0.3 is 0 Å². The Morgan fingerprint density at radius 1 is 1.08 bits per heavy atom. The van der Waals surface area contributed by atoms with Crippen LogP contribution in [0, 0.1) is 6.92 Å². The molecule has 2 aromatic carbocycles. The minimum absolute atomic E-state index is 0.0358. The van der Waals surface area contributed by atoms with E-state index in [0.29, 0.717) is 32.0 Å². The fraction of sp³-hybridized carbons (Fsp3) is 0.278. The number of sulfonamides is 1. The molecule has 0 radical (unpaired) electrons. The fourth-order valence-corrected chi connectivity index (χ4v) is 3.71. The van der Waals surface area contributed by atoms with Crippen LogP contribution in [0.15, 0.2) is 53.4 Å². The van der Waals surface area contributed by atoms with Gasteiger partial charge in [-0.1, -0.05) is 18.2 Å². The van der Waals surface area contributed by atoms with Crippen molar-refractivity contribution in [2.24, 2.45) is 0 Å². The Hall–Kier alpha value is -2.42. The van der Waals surface area contributed by atoms with Crippen molar-refractivity contribution in [1.29, 1.82) is 0 Å². The van der Waals surface area contributed by atoms with Crippen molar-refractivity contribution in [3.8, 4) is 0 Å². The van der Waals surface area contributed by atoms with Crippen LogP contribution in [0.5, 0.6) is 0 Å². The second-order valence-corrected chi connectivity index (χ2v) is 7.73. The lowest BCUT2D eigenvalue weighted by Gasteiger charge is -2.26. The predicted octanol–water partition coefficient (Wildman–Crippen LogP) is 1.77. The number of carbonyl (C=O) groups excluding carboxylic acids is 1. The van der Waals surface area contributed by atoms with Gasteiger partial charge in [0.2, 0.25) is 0 Å². The number of rotatable bonds is 5. The second kappa shape index (κ2) is 7.86. The number of aryl methyl sites for hydroxylation is 1. The maximum absolute atomic E-state index is 12.6. The van der Waals surface area contributed by atoms with Gasteiger partial charge in [-0.05, 0) is 42.8 Å². The average molecular weight is 375 g/mol. The minimum Gasteiger partial charge on any atom is -0.379 e. The molecule has 26 heavy (non-hydrogen) atoms. The van der Waals surface area contributed by atoms with E-state index in [-0.39, 0.29) is 16.4 Å². The monoisotopic (exact) mass is 375 g/mol. The summed E-state index contributed by atoms with van der Waals surface area (Å²) in [6.45, 7) is 4.18. The van der Waals surface area contributed by atoms with Crippen LogP contribution in [-0.4, -0.2) is 45.6 Å². The molecule has 0 saturated carbocycles. The number of nitrogens with zero attached hydrogens (tertiary/aromatic N) is 1. The van der Waals surface area contributed by atoms with Gasteiger partial charge in [-0.15, -0.1) is 0 Å². The van der Waals surface area contributed by atoms with E-state index in [4.69, 9.17) is 4.74 Å². The number of ether oxygens (including phenoxy) is 1. The second-order valence-electron chi connectivity index (χ2n) is 6.04. The third-order valence-electron chi connectivity index (χ3n) is 3.95. The van der Waals surface area contributed by atoms with Gasteiger partial charge in [0.1, 0.15) is 0 Å². The molecule has 0 spiro atoms. The van der Waals surface area contributed by atoms with Gasteiger partial charge in [-0.3, -0.25) is 14.9 Å². The number of morpholine rings is 1. The van der Waals surface area contributed by atoms with E-state index in [1.807, 2.05) is 13.0 Å². The van der Waals surface area contributed by atoms with E-state index in [0.717, 1.165) is 5.56 Å². The lowest BCUT2D eigenvalue weighted by molar-refractivity contribution is 0.0126. The summed E-state index contributed by atoms with van der Waals surface area (Å²) in [5.41, 5.74) is 4.48. The molecule has 2 aromatic rings. The van der Waals surface area contributed by atoms with Gasteiger partial charge in [0.15, 0.2) is 0 Å². The summed E-state index contributed by atoms with van der Waals surface area (Å²) in [4.78, 5) is 12.4. The average Bonchev–Trinajstić information content (AvgIpc) is 2.62. The Balaban J connectivity index is 1.76. The molecule has 0 bridgehead atoms. The predicted molar refractivity (Wildman–Crippen MR) is 98.3 cm³/mol. The maximum atomic E-state index is 12.6. The Kier molecular flexibility index (Phi) is 5.55. The van der Waals surface area contributed by atoms with E-state index in [2.05, 4.69) is 10.1 Å². The molecule has 7 nitrogen and oxygen atoms in total. The van der Waals surface area contributed by atoms with E-state index >= 15 is 0 Å². The van der Waals surface area contributed by atoms with Crippen molar-refractivity contribution in [3.63, 3.8) is 0 Å². The van der Waals surface area contributed by atoms with Gasteiger partial charge in [0.25, 0.3) is 15.9 Å². The quantitative estimate of drug-likeness (QED) is 0.832. The number of hydrazine groups is 1. The number of carbonyl (C=O) groups is 1. The van der Waals surface area contributed by atoms with Crippen LogP contribution in [0.25, 0.3) is 0 Å². The Bertz CT molecular complexity index is 893. The third kappa shape index (κ3) is 4.60. The highest BCUT2D eigenvalue weighted by Gasteiger charge is 2.18. The lowest BCUT2D eigenvalue weighted by atomic mass is 10.2. The van der Waals surface area contributed by atoms with Gasteiger partial charge in [-0.25, -0.2) is 13.4 Å². The normalized spacial score (nSPS) is 15.4. The Labute approximate surface area is 153 Å². The van der Waals surface area contributed by atoms with Crippen molar-refractivity contribution >= 4 is 21.6 Å². The highest BCUT2D eigenvalue weighted by molar-refractivity contribution is 7.92. The molecule has 2 N–H and O–H groups in total. The van der Waals surface area contributed by atoms with Crippen molar-refractivity contribution in [3.05, 3.63) is 59.7 Å². The minimum atomic E-state index is -3.78. The molecule has 0 atom stereocenters. The Morgan fingerprint density at radius 3 is 2.54 bits per heavy atom. The smallest absolute Gasteiger partial charge is 0.265 e. The first-order valence-corrected chi connectivity index (χ1v) is 9.76. The summed E-state index contributed by atoms with van der Waals surface area (Å²) in [5, 5.41) is 1.76. The number of hydrogen-bond acceptors (Lipinski definition) is 5. The molecular formula is C18H21N3O4S. The van der Waals surface area contributed by atoms with Crippen molar-refractivity contribution in [2.45, 2.75) is 11.8 Å². The number of anilines is 1. The van der Waals surface area contributed by atoms with Crippen LogP contribution in [-0.2, 0) is 14.8 Å². The van der Waals surface area contributed by atoms with Crippen LogP contribution in [0.2, 0.25) is 0 Å². The van der Waals surface area contributed by atoms with Crippen molar-refractivity contribution in [2.75, 3.05) is 31.0 Å². The van der Waals surface area contributed by atoms with E-state index in [9.17, 15) is 13.2 Å². The summed E-state index contributed by atoms with van der Waals surface area (Å²) in [7, 11) is -3.78. The van der Waals surface area contributed by atoms with Gasteiger partial charge in [0.05, 0.1) is 18.1 Å². The van der Waals surface area contributed by atoms with Crippen LogP contribution < -0.4 is 10.1 Å². The van der Waals surface area contributed by atoms with E-state index < -0.39 is 10.0 Å². The Morgan fingerprint density at radius 2 is 1.81 bits per heavy atom. The largest absolute Gasteiger partial charge is 0.379 e. The van der Waals surface area contributed by atoms with Crippen LogP contribution in [0.4, 0.5) is 5.69 Å². The zero-order valence-electron chi connectivity index (χ0n) is 14.4. The highest BCUT2D eigenvalue weighted by atomic mass is 32.2. The molecule has 1 aliphatic heterocycles. The zero-order chi connectivity index (χ0) is 18.6. The first kappa shape index (κ1) is 18.4. The molecule has 138 valence electrons. The summed E-state index contributed by atoms with van der Waals surface area (Å²) in [6.07, 6.45) is 0. The van der Waals surface area contributed by atoms with Crippen LogP contribution in [0.3, 0.4) is 0 Å². The fourth-order valence-electron chi connectivity index (χ4n) is 2.61. The molecule has 0 unspecified atom stereocenters. The summed E-state index contributed by atoms with van der Waals surface area (Å²) >= 11 is 0. The molecule has 0 aromatic heterocycles. The number of nitrogens with one attached hydrogen (secondary N) is 2. The third-order valence-corrected chi connectivity index (χ3v) is 5.33. The molecule has 0 aliphatic carbocycles. The summed E-state index contributed by atoms with van der Waals surface area (Å²) in [5.74, 6) is -0.348. The standard InChI is InChI=1S/C18H21N3O4S/c1-14-4-2-6-16(12-14)20-26(23,24)17-7-3-5-15(13-17)18(22)19-21-8-10-25-11-9-21/h2-7,12-13,20H,8-11H2,1H3,(H,19,22). The van der Waals surface area contributed by atoms with E-state index in [1.54, 1.807) is 35.3 Å². The number of amides is 1. The van der Waals surface area contributed by atoms with Crippen molar-refractivity contribution in [1.82, 2.24) is 10.4 Å². The SMILES string of the molecule is Cc1cccc(NS(=O)(=O)c2cccc(C(=O)NN3CCOCC3)c2)c1. The maximum Gasteiger partial charge on any atom is 0.265 e. The molecule has 3 rings (SSSR count). The zero-order valence-corrected chi connectivity index (χ0v) is 15.3. The first-order chi connectivity index (χ1) is 12.4. The van der Waals surface area contributed by atoms with Gasteiger partial charge < -0.3 is 4.74 Å².